The molecule has 0 aromatic heterocycles. The van der Waals surface area contributed by atoms with Gasteiger partial charge >= 0.3 is 0 Å². The van der Waals surface area contributed by atoms with Crippen molar-refractivity contribution in [3.05, 3.63) is 29.3 Å². The Morgan fingerprint density at radius 3 is 2.95 bits per heavy atom. The minimum absolute atomic E-state index is 0.294. The molecule has 0 amide bonds. The highest BCUT2D eigenvalue weighted by molar-refractivity contribution is 5.43. The molecule has 1 saturated carbocycles. The monoisotopic (exact) mass is 274 g/mol. The predicted molar refractivity (Wildman–Crippen MR) is 81.0 cm³/mol. The van der Waals surface area contributed by atoms with E-state index in [1.54, 1.807) is 0 Å². The first-order chi connectivity index (χ1) is 9.78. The van der Waals surface area contributed by atoms with E-state index < -0.39 is 0 Å². The Hall–Kier alpha value is -1.02. The zero-order chi connectivity index (χ0) is 13.9. The summed E-state index contributed by atoms with van der Waals surface area (Å²) in [7, 11) is 0. The third-order valence-electron chi connectivity index (χ3n) is 5.04. The van der Waals surface area contributed by atoms with Crippen LogP contribution in [0.15, 0.2) is 18.2 Å². The highest BCUT2D eigenvalue weighted by atomic mass is 16.5. The van der Waals surface area contributed by atoms with Crippen LogP contribution in [0.3, 0.4) is 0 Å². The minimum Gasteiger partial charge on any atom is -0.490 e. The normalized spacial score (nSPS) is 29.8. The molecule has 0 radical (unpaired) electrons. The highest BCUT2D eigenvalue weighted by Gasteiger charge is 2.25. The molecule has 110 valence electrons. The van der Waals surface area contributed by atoms with E-state index in [4.69, 9.17) is 4.74 Å². The molecular weight excluding hydrogens is 248 g/mol. The second-order valence-electron chi connectivity index (χ2n) is 6.41. The first kappa shape index (κ1) is 13.9. The topological polar surface area (TPSA) is 29.5 Å². The summed E-state index contributed by atoms with van der Waals surface area (Å²) in [5.41, 5.74) is 2.35. The lowest BCUT2D eigenvalue weighted by Gasteiger charge is -2.31. The molecule has 1 N–H and O–H groups in total. The van der Waals surface area contributed by atoms with Gasteiger partial charge in [-0.15, -0.1) is 0 Å². The van der Waals surface area contributed by atoms with Crippen LogP contribution in [-0.4, -0.2) is 11.2 Å². The molecule has 0 saturated heterocycles. The van der Waals surface area contributed by atoms with Gasteiger partial charge in [-0.1, -0.05) is 31.9 Å². The first-order valence-electron chi connectivity index (χ1n) is 8.24. The number of aliphatic hydroxyl groups excluding tert-OH is 1. The van der Waals surface area contributed by atoms with E-state index in [9.17, 15) is 5.11 Å². The standard InChI is InChI=1S/C18H26O2/c1-2-13-6-3-7-14(12-13)20-18-11-5-8-15-16(18)9-4-10-17(15)19/h5,8,11,13-14,17,19H,2-4,6-7,9-10,12H2,1H3. The summed E-state index contributed by atoms with van der Waals surface area (Å²) in [6.07, 6.45) is 9.39. The van der Waals surface area contributed by atoms with Gasteiger partial charge in [0.2, 0.25) is 0 Å². The van der Waals surface area contributed by atoms with Crippen LogP contribution in [-0.2, 0) is 6.42 Å². The van der Waals surface area contributed by atoms with Gasteiger partial charge in [-0.25, -0.2) is 0 Å². The number of ether oxygens (including phenoxy) is 1. The van der Waals surface area contributed by atoms with Crippen molar-refractivity contribution in [2.75, 3.05) is 0 Å². The largest absolute Gasteiger partial charge is 0.490 e. The minimum atomic E-state index is -0.294. The molecule has 2 nitrogen and oxygen atoms in total. The van der Waals surface area contributed by atoms with Crippen molar-refractivity contribution in [2.45, 2.75) is 70.5 Å². The lowest BCUT2D eigenvalue weighted by atomic mass is 9.85. The summed E-state index contributed by atoms with van der Waals surface area (Å²) in [5, 5.41) is 10.1. The maximum absolute atomic E-state index is 10.1. The fraction of sp³-hybridized carbons (Fsp3) is 0.667. The van der Waals surface area contributed by atoms with Crippen molar-refractivity contribution < 1.29 is 9.84 Å². The number of rotatable bonds is 3. The molecule has 3 atom stereocenters. The average molecular weight is 274 g/mol. The molecule has 1 fully saturated rings. The molecule has 2 aliphatic rings. The van der Waals surface area contributed by atoms with Crippen molar-refractivity contribution in [1.82, 2.24) is 0 Å². The molecular formula is C18H26O2. The van der Waals surface area contributed by atoms with Crippen LogP contribution in [0.25, 0.3) is 0 Å². The average Bonchev–Trinajstić information content (AvgIpc) is 2.49. The molecule has 3 unspecified atom stereocenters. The molecule has 20 heavy (non-hydrogen) atoms. The molecule has 0 heterocycles. The van der Waals surface area contributed by atoms with Crippen LogP contribution >= 0.6 is 0 Å². The Morgan fingerprint density at radius 1 is 1.20 bits per heavy atom. The van der Waals surface area contributed by atoms with Gasteiger partial charge in [0.05, 0.1) is 12.2 Å². The maximum atomic E-state index is 10.1. The van der Waals surface area contributed by atoms with Crippen LogP contribution in [0.1, 0.15) is 69.1 Å². The van der Waals surface area contributed by atoms with E-state index >= 15 is 0 Å². The Balaban J connectivity index is 1.76. The molecule has 0 aliphatic heterocycles. The summed E-state index contributed by atoms with van der Waals surface area (Å²) in [6, 6.07) is 6.18. The van der Waals surface area contributed by atoms with E-state index in [0.29, 0.717) is 6.10 Å². The van der Waals surface area contributed by atoms with E-state index in [1.165, 1.54) is 37.7 Å². The van der Waals surface area contributed by atoms with Crippen LogP contribution in [0.5, 0.6) is 5.75 Å². The van der Waals surface area contributed by atoms with Crippen LogP contribution in [0.2, 0.25) is 0 Å². The van der Waals surface area contributed by atoms with Gasteiger partial charge in [-0.05, 0) is 61.6 Å². The third kappa shape index (κ3) is 2.85. The Bertz CT molecular complexity index is 455. The van der Waals surface area contributed by atoms with Gasteiger partial charge in [0.15, 0.2) is 0 Å². The van der Waals surface area contributed by atoms with Gasteiger partial charge in [0, 0.05) is 0 Å². The van der Waals surface area contributed by atoms with Crippen LogP contribution in [0, 0.1) is 5.92 Å². The van der Waals surface area contributed by atoms with Crippen molar-refractivity contribution in [3.63, 3.8) is 0 Å². The smallest absolute Gasteiger partial charge is 0.123 e. The quantitative estimate of drug-likeness (QED) is 0.885. The molecule has 0 bridgehead atoms. The Morgan fingerprint density at radius 2 is 2.10 bits per heavy atom. The number of hydrogen-bond acceptors (Lipinski definition) is 2. The molecule has 1 aromatic rings. The summed E-state index contributed by atoms with van der Waals surface area (Å²) in [6.45, 7) is 2.29. The third-order valence-corrected chi connectivity index (χ3v) is 5.04. The van der Waals surface area contributed by atoms with Gasteiger partial charge < -0.3 is 9.84 Å². The summed E-state index contributed by atoms with van der Waals surface area (Å²) in [5.74, 6) is 1.86. The van der Waals surface area contributed by atoms with E-state index in [0.717, 1.165) is 36.5 Å². The maximum Gasteiger partial charge on any atom is 0.123 e. The van der Waals surface area contributed by atoms with Crippen molar-refractivity contribution in [1.29, 1.82) is 0 Å². The van der Waals surface area contributed by atoms with E-state index in [2.05, 4.69) is 19.1 Å². The Labute approximate surface area is 122 Å². The molecule has 3 rings (SSSR count). The first-order valence-corrected chi connectivity index (χ1v) is 8.24. The van der Waals surface area contributed by atoms with Gasteiger partial charge in [-0.3, -0.25) is 0 Å². The number of hydrogen-bond donors (Lipinski definition) is 1. The summed E-state index contributed by atoms with van der Waals surface area (Å²) < 4.78 is 6.32. The molecule has 1 aromatic carbocycles. The van der Waals surface area contributed by atoms with Crippen molar-refractivity contribution in [2.24, 2.45) is 5.92 Å². The van der Waals surface area contributed by atoms with Crippen LogP contribution in [0.4, 0.5) is 0 Å². The lowest BCUT2D eigenvalue weighted by molar-refractivity contribution is 0.117. The molecule has 2 heteroatoms. The second kappa shape index (κ2) is 6.17. The van der Waals surface area contributed by atoms with Gasteiger partial charge in [0.1, 0.15) is 5.75 Å². The van der Waals surface area contributed by atoms with E-state index in [1.807, 2.05) is 6.07 Å². The number of benzene rings is 1. The molecule has 0 spiro atoms. The van der Waals surface area contributed by atoms with Crippen molar-refractivity contribution >= 4 is 0 Å². The lowest BCUT2D eigenvalue weighted by Crippen LogP contribution is -2.26. The van der Waals surface area contributed by atoms with Crippen molar-refractivity contribution in [3.8, 4) is 5.75 Å². The number of aliphatic hydroxyl groups is 1. The SMILES string of the molecule is CCC1CCCC(Oc2cccc3c2CCCC3O)C1. The zero-order valence-corrected chi connectivity index (χ0v) is 12.5. The Kier molecular flexibility index (Phi) is 4.30. The fourth-order valence-electron chi connectivity index (χ4n) is 3.80. The van der Waals surface area contributed by atoms with E-state index in [-0.39, 0.29) is 6.10 Å². The highest BCUT2D eigenvalue weighted by Crippen LogP contribution is 2.37. The van der Waals surface area contributed by atoms with Gasteiger partial charge in [0.25, 0.3) is 0 Å². The second-order valence-corrected chi connectivity index (χ2v) is 6.41. The van der Waals surface area contributed by atoms with Crippen LogP contribution < -0.4 is 4.74 Å². The predicted octanol–water partition coefficient (Wildman–Crippen LogP) is 4.40. The summed E-state index contributed by atoms with van der Waals surface area (Å²) >= 11 is 0. The molecule has 2 aliphatic carbocycles. The summed E-state index contributed by atoms with van der Waals surface area (Å²) in [4.78, 5) is 0. The zero-order valence-electron chi connectivity index (χ0n) is 12.5. The van der Waals surface area contributed by atoms with Gasteiger partial charge in [-0.2, -0.15) is 0 Å². The fourth-order valence-corrected chi connectivity index (χ4v) is 3.80. The number of fused-ring (bicyclic) bond motifs is 1.